The average molecular weight is 294 g/mol. The molecule has 0 aliphatic rings. The van der Waals surface area contributed by atoms with Gasteiger partial charge in [-0.2, -0.15) is 0 Å². The van der Waals surface area contributed by atoms with E-state index in [1.54, 1.807) is 18.5 Å². The normalized spacial score (nSPS) is 9.88. The molecule has 3 aromatic rings. The molecular weight excluding hydrogens is 287 g/mol. The first kappa shape index (κ1) is 12.3. The van der Waals surface area contributed by atoms with Crippen molar-refractivity contribution in [3.8, 4) is 11.3 Å². The number of hydrogen-bond donors (Lipinski definition) is 0. The monoisotopic (exact) mass is 294 g/mol. The number of rotatable bonds is 1. The predicted molar refractivity (Wildman–Crippen MR) is 60.4 cm³/mol. The van der Waals surface area contributed by atoms with Crippen LogP contribution >= 0.6 is 0 Å². The smallest absolute Gasteiger partial charge is 0.0206 e. The fourth-order valence-corrected chi connectivity index (χ4v) is 1.49. The molecule has 1 aromatic carbocycles. The van der Waals surface area contributed by atoms with Crippen molar-refractivity contribution in [1.29, 1.82) is 0 Å². The molecule has 0 saturated carbocycles. The Labute approximate surface area is 124 Å². The molecule has 3 nitrogen and oxygen atoms in total. The number of fused-ring (bicyclic) bond motifs is 1. The number of pyridine rings is 1. The molecule has 3 rings (SSSR count). The summed E-state index contributed by atoms with van der Waals surface area (Å²) in [6.07, 6.45) is 6.28. The van der Waals surface area contributed by atoms with Crippen molar-refractivity contribution in [3.05, 3.63) is 55.0 Å². The molecule has 0 amide bonds. The zero-order valence-electron chi connectivity index (χ0n) is 8.96. The molecule has 2 heterocycles. The van der Waals surface area contributed by atoms with Gasteiger partial charge in [0.1, 0.15) is 0 Å². The Hall–Kier alpha value is -1.19. The minimum absolute atomic E-state index is 0. The van der Waals surface area contributed by atoms with E-state index in [0.717, 1.165) is 16.6 Å². The van der Waals surface area contributed by atoms with Crippen molar-refractivity contribution in [1.82, 2.24) is 15.0 Å². The minimum atomic E-state index is 0. The van der Waals surface area contributed by atoms with E-state index in [2.05, 4.69) is 27.2 Å². The summed E-state index contributed by atoms with van der Waals surface area (Å²) in [5.74, 6) is 0. The second kappa shape index (κ2) is 5.43. The molecule has 0 atom stereocenters. The van der Waals surface area contributed by atoms with Gasteiger partial charge in [0.25, 0.3) is 0 Å². The molecule has 2 aromatic heterocycles. The van der Waals surface area contributed by atoms with E-state index in [1.807, 2.05) is 24.3 Å². The van der Waals surface area contributed by atoms with E-state index < -0.39 is 0 Å². The first-order chi connectivity index (χ1) is 7.93. The van der Waals surface area contributed by atoms with Crippen LogP contribution in [0.4, 0.5) is 0 Å². The zero-order chi connectivity index (χ0) is 10.8. The largest absolute Gasteiger partial charge is 0.392 e. The summed E-state index contributed by atoms with van der Waals surface area (Å²) in [5, 5.41) is 0. The maximum Gasteiger partial charge on any atom is 0.0206 e. The van der Waals surface area contributed by atoms with Crippen molar-refractivity contribution in [2.24, 2.45) is 0 Å². The van der Waals surface area contributed by atoms with Crippen LogP contribution in [0, 0.1) is 12.3 Å². The first-order valence-corrected chi connectivity index (χ1v) is 4.90. The summed E-state index contributed by atoms with van der Waals surface area (Å²) >= 11 is 0. The Kier molecular flexibility index (Phi) is 3.92. The van der Waals surface area contributed by atoms with E-state index >= 15 is 0 Å². The van der Waals surface area contributed by atoms with Crippen LogP contribution in [0.15, 0.2) is 42.7 Å². The van der Waals surface area contributed by atoms with Gasteiger partial charge < -0.3 is 15.0 Å². The summed E-state index contributed by atoms with van der Waals surface area (Å²) in [5.41, 5.74) is 3.18. The van der Waals surface area contributed by atoms with Crippen molar-refractivity contribution in [2.75, 3.05) is 0 Å². The molecule has 0 aliphatic carbocycles. The van der Waals surface area contributed by atoms with Crippen LogP contribution < -0.4 is 0 Å². The van der Waals surface area contributed by atoms with E-state index in [1.165, 1.54) is 0 Å². The van der Waals surface area contributed by atoms with Gasteiger partial charge >= 0.3 is 0 Å². The van der Waals surface area contributed by atoms with E-state index in [9.17, 15) is 0 Å². The molecule has 0 spiro atoms. The van der Waals surface area contributed by atoms with Crippen LogP contribution in [-0.4, -0.2) is 15.0 Å². The summed E-state index contributed by atoms with van der Waals surface area (Å²) in [6, 6.07) is 12.5. The van der Waals surface area contributed by atoms with Crippen molar-refractivity contribution in [3.63, 3.8) is 0 Å². The maximum atomic E-state index is 4.46. The van der Waals surface area contributed by atoms with Gasteiger partial charge in [0.05, 0.1) is 0 Å². The maximum absolute atomic E-state index is 4.46. The molecule has 0 saturated heterocycles. The van der Waals surface area contributed by atoms with Crippen LogP contribution in [0.5, 0.6) is 0 Å². The number of para-hydroxylation sites is 2. The van der Waals surface area contributed by atoms with Crippen molar-refractivity contribution in [2.45, 2.75) is 0 Å². The molecule has 0 unspecified atom stereocenters. The molecular formula is C13H7N3Y-2. The van der Waals surface area contributed by atoms with Crippen LogP contribution in [0.3, 0.4) is 0 Å². The quantitative estimate of drug-likeness (QED) is 0.646. The summed E-state index contributed by atoms with van der Waals surface area (Å²) < 4.78 is 0. The Morgan fingerprint density at radius 2 is 1.88 bits per heavy atom. The predicted octanol–water partition coefficient (Wildman–Crippen LogP) is 2.29. The second-order valence-corrected chi connectivity index (χ2v) is 3.32. The Bertz CT molecular complexity index is 626. The summed E-state index contributed by atoms with van der Waals surface area (Å²) in [6.45, 7) is 0. The zero-order valence-corrected chi connectivity index (χ0v) is 11.8. The van der Waals surface area contributed by atoms with Gasteiger partial charge in [-0.25, -0.2) is 11.6 Å². The molecule has 4 heteroatoms. The van der Waals surface area contributed by atoms with E-state index in [-0.39, 0.29) is 32.7 Å². The van der Waals surface area contributed by atoms with Gasteiger partial charge in [-0.3, -0.25) is 0 Å². The fraction of sp³-hybridized carbons (Fsp3) is 0. The number of aromatic nitrogens is 3. The number of benzene rings is 1. The minimum Gasteiger partial charge on any atom is -0.392 e. The van der Waals surface area contributed by atoms with E-state index in [4.69, 9.17) is 0 Å². The van der Waals surface area contributed by atoms with Crippen LogP contribution in [0.1, 0.15) is 0 Å². The third kappa shape index (κ3) is 2.56. The van der Waals surface area contributed by atoms with Gasteiger partial charge in [0.2, 0.25) is 0 Å². The first-order valence-electron chi connectivity index (χ1n) is 4.90. The molecule has 17 heavy (non-hydrogen) atoms. The third-order valence-electron chi connectivity index (χ3n) is 2.25. The average Bonchev–Trinajstić information content (AvgIpc) is 2.39. The molecule has 0 bridgehead atoms. The summed E-state index contributed by atoms with van der Waals surface area (Å²) in [7, 11) is 0. The Morgan fingerprint density at radius 1 is 1.06 bits per heavy atom. The molecule has 0 N–H and O–H groups in total. The van der Waals surface area contributed by atoms with Gasteiger partial charge in [0, 0.05) is 38.2 Å². The van der Waals surface area contributed by atoms with Gasteiger partial charge in [-0.15, -0.1) is 24.2 Å². The van der Waals surface area contributed by atoms with Gasteiger partial charge in [0.15, 0.2) is 0 Å². The number of hydrogen-bond acceptors (Lipinski definition) is 3. The van der Waals surface area contributed by atoms with Crippen molar-refractivity contribution < 1.29 is 32.7 Å². The molecule has 0 fully saturated rings. The Balaban J connectivity index is 0.00000108. The SMILES string of the molecule is [Y].[c-]1ccncc1-c1[c-]nc2ccccc2n1. The van der Waals surface area contributed by atoms with Gasteiger partial charge in [-0.1, -0.05) is 24.4 Å². The molecule has 79 valence electrons. The Morgan fingerprint density at radius 3 is 2.65 bits per heavy atom. The third-order valence-corrected chi connectivity index (χ3v) is 2.25. The molecule has 1 radical (unpaired) electrons. The molecule has 0 aliphatic heterocycles. The van der Waals surface area contributed by atoms with E-state index in [0.29, 0.717) is 5.69 Å². The standard InChI is InChI=1S/C13H7N3.Y/c1-2-6-12-11(5-1)15-9-13(16-12)10-4-3-7-14-8-10;/h1-3,5-8H;/q-2;. The van der Waals surface area contributed by atoms with Gasteiger partial charge in [-0.05, 0) is 11.6 Å². The topological polar surface area (TPSA) is 38.7 Å². The van der Waals surface area contributed by atoms with Crippen LogP contribution in [-0.2, 0) is 32.7 Å². The number of nitrogens with zero attached hydrogens (tertiary/aromatic N) is 3. The second-order valence-electron chi connectivity index (χ2n) is 3.32. The summed E-state index contributed by atoms with van der Waals surface area (Å²) in [4.78, 5) is 12.7. The van der Waals surface area contributed by atoms with Crippen LogP contribution in [0.25, 0.3) is 22.3 Å². The fourth-order valence-electron chi connectivity index (χ4n) is 1.49. The van der Waals surface area contributed by atoms with Crippen molar-refractivity contribution >= 4 is 11.0 Å². The van der Waals surface area contributed by atoms with Crippen LogP contribution in [0.2, 0.25) is 0 Å².